The number of anilines is 1. The van der Waals surface area contributed by atoms with Crippen LogP contribution in [0.1, 0.15) is 15.9 Å². The van der Waals surface area contributed by atoms with Gasteiger partial charge in [-0.3, -0.25) is 4.79 Å². The molecule has 2 rings (SSSR count). The summed E-state index contributed by atoms with van der Waals surface area (Å²) in [5, 5.41) is 11.6. The van der Waals surface area contributed by atoms with Gasteiger partial charge in [0.05, 0.1) is 23.8 Å². The molecule has 0 aliphatic carbocycles. The summed E-state index contributed by atoms with van der Waals surface area (Å²) in [4.78, 5) is 12.4. The van der Waals surface area contributed by atoms with Crippen molar-refractivity contribution in [3.05, 3.63) is 59.7 Å². The molecule has 0 spiro atoms. The van der Waals surface area contributed by atoms with Gasteiger partial charge >= 0.3 is 0 Å². The third kappa shape index (κ3) is 4.08. The second-order valence-electron chi connectivity index (χ2n) is 4.48. The minimum absolute atomic E-state index is 0.289. The van der Waals surface area contributed by atoms with Gasteiger partial charge in [0, 0.05) is 12.8 Å². The van der Waals surface area contributed by atoms with E-state index >= 15 is 0 Å². The number of hydrogen-bond donors (Lipinski definition) is 1. The van der Waals surface area contributed by atoms with Crippen LogP contribution in [0.2, 0.25) is 0 Å². The Balaban J connectivity index is 2.13. The lowest BCUT2D eigenvalue weighted by Gasteiger charge is -2.11. The van der Waals surface area contributed by atoms with Gasteiger partial charge in [0.2, 0.25) is 0 Å². The van der Waals surface area contributed by atoms with Crippen molar-refractivity contribution in [1.29, 1.82) is 5.26 Å². The van der Waals surface area contributed by atoms with Crippen LogP contribution in [-0.2, 0) is 4.74 Å². The molecule has 1 amide bonds. The molecule has 0 aromatic heterocycles. The van der Waals surface area contributed by atoms with E-state index in [-0.39, 0.29) is 5.91 Å². The van der Waals surface area contributed by atoms with Crippen LogP contribution in [0.5, 0.6) is 5.75 Å². The molecule has 22 heavy (non-hydrogen) atoms. The van der Waals surface area contributed by atoms with Crippen LogP contribution in [0.25, 0.3) is 0 Å². The first-order valence-electron chi connectivity index (χ1n) is 6.77. The van der Waals surface area contributed by atoms with Crippen LogP contribution >= 0.6 is 0 Å². The maximum absolute atomic E-state index is 12.4. The fourth-order valence-electron chi connectivity index (χ4n) is 1.88. The molecule has 0 aliphatic heterocycles. The van der Waals surface area contributed by atoms with Crippen molar-refractivity contribution in [2.75, 3.05) is 25.6 Å². The summed E-state index contributed by atoms with van der Waals surface area (Å²) in [7, 11) is 1.59. The predicted molar refractivity (Wildman–Crippen MR) is 82.9 cm³/mol. The van der Waals surface area contributed by atoms with Crippen LogP contribution < -0.4 is 10.1 Å². The number of benzene rings is 2. The molecule has 0 atom stereocenters. The fraction of sp³-hybridized carbons (Fsp3) is 0.176. The largest absolute Gasteiger partial charge is 0.490 e. The van der Waals surface area contributed by atoms with Crippen LogP contribution in [0.15, 0.2) is 48.5 Å². The van der Waals surface area contributed by atoms with Gasteiger partial charge in [-0.1, -0.05) is 18.2 Å². The van der Waals surface area contributed by atoms with E-state index in [2.05, 4.69) is 5.32 Å². The van der Waals surface area contributed by atoms with E-state index in [1.54, 1.807) is 55.6 Å². The molecule has 0 radical (unpaired) electrons. The predicted octanol–water partition coefficient (Wildman–Crippen LogP) is 2.84. The number of carbonyl (C=O) groups excluding carboxylic acids is 1. The van der Waals surface area contributed by atoms with E-state index in [4.69, 9.17) is 14.7 Å². The molecule has 0 heterocycles. The number of nitrogens with one attached hydrogen (secondary N) is 1. The summed E-state index contributed by atoms with van der Waals surface area (Å²) in [6, 6.07) is 15.8. The monoisotopic (exact) mass is 296 g/mol. The lowest BCUT2D eigenvalue weighted by Crippen LogP contribution is -2.14. The zero-order valence-electron chi connectivity index (χ0n) is 12.2. The van der Waals surface area contributed by atoms with E-state index in [9.17, 15) is 4.79 Å². The Labute approximate surface area is 129 Å². The SMILES string of the molecule is COCCOc1ccccc1C(=O)Nc1cccc(C#N)c1. The highest BCUT2D eigenvalue weighted by molar-refractivity contribution is 6.06. The number of hydrogen-bond acceptors (Lipinski definition) is 4. The molecule has 112 valence electrons. The normalized spacial score (nSPS) is 9.82. The van der Waals surface area contributed by atoms with Gasteiger partial charge in [-0.2, -0.15) is 5.26 Å². The number of nitriles is 1. The van der Waals surface area contributed by atoms with Gasteiger partial charge in [-0.15, -0.1) is 0 Å². The number of methoxy groups -OCH3 is 1. The zero-order valence-corrected chi connectivity index (χ0v) is 12.2. The summed E-state index contributed by atoms with van der Waals surface area (Å²) in [6.45, 7) is 0.810. The second-order valence-corrected chi connectivity index (χ2v) is 4.48. The van der Waals surface area contributed by atoms with Gasteiger partial charge in [0.25, 0.3) is 5.91 Å². The average molecular weight is 296 g/mol. The topological polar surface area (TPSA) is 71.3 Å². The van der Waals surface area contributed by atoms with Crippen molar-refractivity contribution in [3.8, 4) is 11.8 Å². The van der Waals surface area contributed by atoms with Gasteiger partial charge in [0.1, 0.15) is 12.4 Å². The van der Waals surface area contributed by atoms with Crippen LogP contribution in [0.4, 0.5) is 5.69 Å². The molecule has 5 heteroatoms. The lowest BCUT2D eigenvalue weighted by molar-refractivity contribution is 0.101. The van der Waals surface area contributed by atoms with Crippen molar-refractivity contribution in [2.45, 2.75) is 0 Å². The highest BCUT2D eigenvalue weighted by Gasteiger charge is 2.12. The first kappa shape index (κ1) is 15.5. The third-order valence-corrected chi connectivity index (χ3v) is 2.93. The van der Waals surface area contributed by atoms with E-state index in [1.807, 2.05) is 6.07 Å². The van der Waals surface area contributed by atoms with Crippen molar-refractivity contribution < 1.29 is 14.3 Å². The minimum Gasteiger partial charge on any atom is -0.490 e. The molecule has 2 aromatic rings. The molecule has 2 aromatic carbocycles. The van der Waals surface area contributed by atoms with Crippen LogP contribution in [0, 0.1) is 11.3 Å². The first-order chi connectivity index (χ1) is 10.7. The number of ether oxygens (including phenoxy) is 2. The number of nitrogens with zero attached hydrogens (tertiary/aromatic N) is 1. The van der Waals surface area contributed by atoms with Crippen molar-refractivity contribution in [3.63, 3.8) is 0 Å². The van der Waals surface area contributed by atoms with Gasteiger partial charge < -0.3 is 14.8 Å². The average Bonchev–Trinajstić information content (AvgIpc) is 2.55. The Kier molecular flexibility index (Phi) is 5.52. The van der Waals surface area contributed by atoms with Crippen molar-refractivity contribution in [2.24, 2.45) is 0 Å². The molecule has 5 nitrogen and oxygen atoms in total. The molecular weight excluding hydrogens is 280 g/mol. The van der Waals surface area contributed by atoms with Gasteiger partial charge in [-0.25, -0.2) is 0 Å². The zero-order chi connectivity index (χ0) is 15.8. The molecule has 0 fully saturated rings. The number of amides is 1. The standard InChI is InChI=1S/C17H16N2O3/c1-21-9-10-22-16-8-3-2-7-15(16)17(20)19-14-6-4-5-13(11-14)12-18/h2-8,11H,9-10H2,1H3,(H,19,20). The molecule has 0 aliphatic rings. The molecular formula is C17H16N2O3. The summed E-state index contributed by atoms with van der Waals surface area (Å²) in [5.41, 5.74) is 1.49. The number of para-hydroxylation sites is 1. The minimum atomic E-state index is -0.289. The van der Waals surface area contributed by atoms with E-state index < -0.39 is 0 Å². The fourth-order valence-corrected chi connectivity index (χ4v) is 1.88. The summed E-state index contributed by atoms with van der Waals surface area (Å²) in [6.07, 6.45) is 0. The Morgan fingerprint density at radius 3 is 2.77 bits per heavy atom. The Bertz CT molecular complexity index is 692. The van der Waals surface area contributed by atoms with Gasteiger partial charge in [0.15, 0.2) is 0 Å². The summed E-state index contributed by atoms with van der Waals surface area (Å²) < 4.78 is 10.5. The number of carbonyl (C=O) groups is 1. The smallest absolute Gasteiger partial charge is 0.259 e. The lowest BCUT2D eigenvalue weighted by atomic mass is 10.1. The van der Waals surface area contributed by atoms with E-state index in [0.29, 0.717) is 35.8 Å². The Morgan fingerprint density at radius 2 is 2.00 bits per heavy atom. The summed E-state index contributed by atoms with van der Waals surface area (Å²) >= 11 is 0. The second kappa shape index (κ2) is 7.81. The molecule has 0 unspecified atom stereocenters. The molecule has 1 N–H and O–H groups in total. The summed E-state index contributed by atoms with van der Waals surface area (Å²) in [5.74, 6) is 0.205. The van der Waals surface area contributed by atoms with Crippen LogP contribution in [-0.4, -0.2) is 26.2 Å². The molecule has 0 saturated heterocycles. The van der Waals surface area contributed by atoms with E-state index in [1.165, 1.54) is 0 Å². The quantitative estimate of drug-likeness (QED) is 0.832. The maximum Gasteiger partial charge on any atom is 0.259 e. The Morgan fingerprint density at radius 1 is 1.18 bits per heavy atom. The van der Waals surface area contributed by atoms with E-state index in [0.717, 1.165) is 0 Å². The number of rotatable bonds is 6. The molecule has 0 saturated carbocycles. The maximum atomic E-state index is 12.4. The Hall–Kier alpha value is -2.84. The van der Waals surface area contributed by atoms with Crippen LogP contribution in [0.3, 0.4) is 0 Å². The first-order valence-corrected chi connectivity index (χ1v) is 6.77. The third-order valence-electron chi connectivity index (χ3n) is 2.93. The van der Waals surface area contributed by atoms with Crippen molar-refractivity contribution >= 4 is 11.6 Å². The highest BCUT2D eigenvalue weighted by atomic mass is 16.5. The highest BCUT2D eigenvalue weighted by Crippen LogP contribution is 2.20. The van der Waals surface area contributed by atoms with Gasteiger partial charge in [-0.05, 0) is 30.3 Å². The van der Waals surface area contributed by atoms with Crippen molar-refractivity contribution in [1.82, 2.24) is 0 Å². The molecule has 0 bridgehead atoms.